The van der Waals surface area contributed by atoms with Crippen molar-refractivity contribution in [2.75, 3.05) is 59.5 Å². The van der Waals surface area contributed by atoms with Crippen molar-refractivity contribution in [3.63, 3.8) is 0 Å². The molecule has 160 valence electrons. The molecule has 2 aliphatic heterocycles. The van der Waals surface area contributed by atoms with Gasteiger partial charge < -0.3 is 19.9 Å². The Kier molecular flexibility index (Phi) is 7.75. The summed E-state index contributed by atoms with van der Waals surface area (Å²) < 4.78 is 5.81. The molecule has 0 aromatic heterocycles. The van der Waals surface area contributed by atoms with Gasteiger partial charge in [0.05, 0.1) is 12.6 Å². The van der Waals surface area contributed by atoms with Crippen molar-refractivity contribution in [1.82, 2.24) is 20.0 Å². The van der Waals surface area contributed by atoms with Crippen LogP contribution < -0.4 is 10.1 Å². The number of likely N-dealkylation sites (tertiary alicyclic amines) is 1. The highest BCUT2D eigenvalue weighted by Crippen LogP contribution is 2.14. The molecule has 1 aromatic rings. The van der Waals surface area contributed by atoms with Crippen LogP contribution in [-0.2, 0) is 4.79 Å². The molecule has 0 aliphatic carbocycles. The maximum Gasteiger partial charge on any atom is 0.239 e. The van der Waals surface area contributed by atoms with E-state index in [1.165, 1.54) is 5.56 Å². The number of guanidine groups is 1. The Balaban J connectivity index is 1.39. The Hall–Kier alpha value is -2.28. The molecule has 3 rings (SSSR count). The molecule has 0 bridgehead atoms. The minimum absolute atomic E-state index is 0.0343. The summed E-state index contributed by atoms with van der Waals surface area (Å²) in [4.78, 5) is 23.6. The maximum absolute atomic E-state index is 12.6. The number of nitrogens with zero attached hydrogens (tertiary/aromatic N) is 4. The highest BCUT2D eigenvalue weighted by molar-refractivity contribution is 5.82. The maximum atomic E-state index is 12.6. The number of carbonyl (C=O) groups excluding carboxylic acids is 1. The van der Waals surface area contributed by atoms with Crippen molar-refractivity contribution in [2.45, 2.75) is 32.7 Å². The number of piperazine rings is 1. The van der Waals surface area contributed by atoms with Gasteiger partial charge in [0.2, 0.25) is 5.91 Å². The second-order valence-corrected chi connectivity index (χ2v) is 7.87. The van der Waals surface area contributed by atoms with Gasteiger partial charge >= 0.3 is 0 Å². The summed E-state index contributed by atoms with van der Waals surface area (Å²) in [5.41, 5.74) is 1.20. The molecular formula is C22H35N5O2. The lowest BCUT2D eigenvalue weighted by atomic mass is 10.2. The van der Waals surface area contributed by atoms with E-state index < -0.39 is 0 Å². The fourth-order valence-corrected chi connectivity index (χ4v) is 4.05. The van der Waals surface area contributed by atoms with Crippen LogP contribution in [0, 0.1) is 6.92 Å². The lowest BCUT2D eigenvalue weighted by molar-refractivity contribution is -0.135. The Labute approximate surface area is 174 Å². The Bertz CT molecular complexity index is 694. The summed E-state index contributed by atoms with van der Waals surface area (Å²) >= 11 is 0. The predicted molar refractivity (Wildman–Crippen MR) is 116 cm³/mol. The van der Waals surface area contributed by atoms with E-state index in [9.17, 15) is 4.79 Å². The van der Waals surface area contributed by atoms with Gasteiger partial charge in [0.1, 0.15) is 12.4 Å². The normalized spacial score (nSPS) is 19.3. The molecule has 0 spiro atoms. The molecule has 1 amide bonds. The molecule has 1 N–H and O–H groups in total. The summed E-state index contributed by atoms with van der Waals surface area (Å²) in [6.07, 6.45) is 2.28. The minimum Gasteiger partial charge on any atom is -0.492 e. The molecule has 2 saturated heterocycles. The summed E-state index contributed by atoms with van der Waals surface area (Å²) in [7, 11) is 1.82. The number of hydrogen-bond donors (Lipinski definition) is 1. The number of benzene rings is 1. The van der Waals surface area contributed by atoms with E-state index >= 15 is 0 Å². The van der Waals surface area contributed by atoms with Gasteiger partial charge in [0, 0.05) is 46.3 Å². The number of hydrogen-bond acceptors (Lipinski definition) is 4. The first-order chi connectivity index (χ1) is 14.1. The second-order valence-electron chi connectivity index (χ2n) is 7.87. The molecule has 2 fully saturated rings. The third-order valence-corrected chi connectivity index (χ3v) is 5.79. The zero-order valence-electron chi connectivity index (χ0n) is 18.1. The molecule has 0 saturated carbocycles. The third kappa shape index (κ3) is 5.85. The lowest BCUT2D eigenvalue weighted by Gasteiger charge is -2.39. The molecule has 0 radical (unpaired) electrons. The van der Waals surface area contributed by atoms with Crippen molar-refractivity contribution in [3.8, 4) is 5.75 Å². The van der Waals surface area contributed by atoms with Gasteiger partial charge in [-0.3, -0.25) is 14.7 Å². The van der Waals surface area contributed by atoms with E-state index in [2.05, 4.69) is 33.1 Å². The molecule has 29 heavy (non-hydrogen) atoms. The van der Waals surface area contributed by atoms with Crippen molar-refractivity contribution in [1.29, 1.82) is 0 Å². The van der Waals surface area contributed by atoms with Gasteiger partial charge in [-0.1, -0.05) is 12.1 Å². The van der Waals surface area contributed by atoms with Gasteiger partial charge in [-0.15, -0.1) is 0 Å². The average molecular weight is 402 g/mol. The van der Waals surface area contributed by atoms with E-state index in [1.807, 2.05) is 37.1 Å². The topological polar surface area (TPSA) is 60.4 Å². The van der Waals surface area contributed by atoms with E-state index in [0.29, 0.717) is 13.2 Å². The first kappa shape index (κ1) is 21.4. The van der Waals surface area contributed by atoms with Crippen LogP contribution in [0.25, 0.3) is 0 Å². The number of carbonyl (C=O) groups is 1. The number of rotatable bonds is 6. The van der Waals surface area contributed by atoms with Crippen LogP contribution >= 0.6 is 0 Å². The number of aliphatic imine (C=N–C) groups is 1. The summed E-state index contributed by atoms with van der Waals surface area (Å²) in [5.74, 6) is 2.08. The minimum atomic E-state index is -0.0343. The van der Waals surface area contributed by atoms with Crippen LogP contribution in [0.15, 0.2) is 29.3 Å². The number of ether oxygens (including phenoxy) is 1. The monoisotopic (exact) mass is 401 g/mol. The van der Waals surface area contributed by atoms with Crippen LogP contribution in [0.1, 0.15) is 25.3 Å². The molecule has 7 heteroatoms. The van der Waals surface area contributed by atoms with Gasteiger partial charge in [-0.05, 0) is 44.4 Å². The highest BCUT2D eigenvalue weighted by atomic mass is 16.5. The second kappa shape index (κ2) is 10.5. The number of amides is 1. The summed E-state index contributed by atoms with van der Waals surface area (Å²) in [5, 5.41) is 3.39. The summed E-state index contributed by atoms with van der Waals surface area (Å²) in [6.45, 7) is 10.7. The van der Waals surface area contributed by atoms with E-state index in [4.69, 9.17) is 4.74 Å². The number of nitrogens with one attached hydrogen (secondary N) is 1. The zero-order valence-corrected chi connectivity index (χ0v) is 18.1. The molecule has 7 nitrogen and oxygen atoms in total. The van der Waals surface area contributed by atoms with Crippen LogP contribution in [0.5, 0.6) is 5.75 Å². The van der Waals surface area contributed by atoms with Crippen molar-refractivity contribution in [2.24, 2.45) is 4.99 Å². The third-order valence-electron chi connectivity index (χ3n) is 5.79. The Morgan fingerprint density at radius 3 is 2.52 bits per heavy atom. The van der Waals surface area contributed by atoms with Gasteiger partial charge in [0.25, 0.3) is 0 Å². The van der Waals surface area contributed by atoms with Crippen molar-refractivity contribution in [3.05, 3.63) is 29.8 Å². The average Bonchev–Trinajstić information content (AvgIpc) is 3.28. The van der Waals surface area contributed by atoms with Crippen LogP contribution in [0.2, 0.25) is 0 Å². The van der Waals surface area contributed by atoms with Gasteiger partial charge in [0.15, 0.2) is 5.96 Å². The van der Waals surface area contributed by atoms with E-state index in [-0.39, 0.29) is 11.9 Å². The van der Waals surface area contributed by atoms with Gasteiger partial charge in [-0.2, -0.15) is 0 Å². The fourth-order valence-electron chi connectivity index (χ4n) is 4.05. The quantitative estimate of drug-likeness (QED) is 0.446. The summed E-state index contributed by atoms with van der Waals surface area (Å²) in [6, 6.07) is 8.05. The first-order valence-corrected chi connectivity index (χ1v) is 10.8. The molecule has 2 heterocycles. The smallest absolute Gasteiger partial charge is 0.239 e. The van der Waals surface area contributed by atoms with E-state index in [0.717, 1.165) is 63.8 Å². The first-order valence-electron chi connectivity index (χ1n) is 10.8. The standard InChI is InChI=1S/C22H35N5O2/c1-18-7-6-8-20(17-18)29-16-9-24-22(23-3)27-14-12-25(13-15-27)19(2)21(28)26-10-4-5-11-26/h6-8,17,19H,4-5,9-16H2,1-3H3,(H,23,24). The fraction of sp³-hybridized carbons (Fsp3) is 0.636. The van der Waals surface area contributed by atoms with Crippen molar-refractivity contribution >= 4 is 11.9 Å². The van der Waals surface area contributed by atoms with Gasteiger partial charge in [-0.25, -0.2) is 0 Å². The van der Waals surface area contributed by atoms with Crippen LogP contribution in [-0.4, -0.2) is 92.1 Å². The van der Waals surface area contributed by atoms with E-state index in [1.54, 1.807) is 0 Å². The molecule has 2 aliphatic rings. The highest BCUT2D eigenvalue weighted by Gasteiger charge is 2.30. The number of aryl methyl sites for hydroxylation is 1. The van der Waals surface area contributed by atoms with Crippen LogP contribution in [0.4, 0.5) is 0 Å². The largest absolute Gasteiger partial charge is 0.492 e. The Morgan fingerprint density at radius 1 is 1.14 bits per heavy atom. The molecule has 1 atom stereocenters. The SMILES string of the molecule is CN=C(NCCOc1cccc(C)c1)N1CCN(C(C)C(=O)N2CCCC2)CC1. The van der Waals surface area contributed by atoms with Crippen molar-refractivity contribution < 1.29 is 9.53 Å². The lowest BCUT2D eigenvalue weighted by Crippen LogP contribution is -2.57. The Morgan fingerprint density at radius 2 is 1.86 bits per heavy atom. The zero-order chi connectivity index (χ0) is 20.6. The predicted octanol–water partition coefficient (Wildman–Crippen LogP) is 1.58. The van der Waals surface area contributed by atoms with Crippen LogP contribution in [0.3, 0.4) is 0 Å². The molecular weight excluding hydrogens is 366 g/mol. The molecule has 1 aromatic carbocycles. The molecule has 1 unspecified atom stereocenters.